The van der Waals surface area contributed by atoms with E-state index in [0.717, 1.165) is 0 Å². The molecule has 0 bridgehead atoms. The standard InChI is InChI=1S/C10H15ClN4O2S/c1-13-10(12)14-5-6-15-18(16,17)9-4-2-3-8(11)7-9/h2-4,7,15H,5-6H2,1H3,(H3,12,13,14). The zero-order valence-corrected chi connectivity index (χ0v) is 11.4. The molecule has 1 rings (SSSR count). The van der Waals surface area contributed by atoms with Crippen molar-refractivity contribution in [2.75, 3.05) is 20.1 Å². The van der Waals surface area contributed by atoms with Gasteiger partial charge < -0.3 is 11.1 Å². The Kier molecular flexibility index (Phi) is 5.39. The molecule has 4 N–H and O–H groups in total. The number of nitrogens with zero attached hydrogens (tertiary/aromatic N) is 1. The molecule has 0 aromatic heterocycles. The smallest absolute Gasteiger partial charge is 0.240 e. The van der Waals surface area contributed by atoms with Crippen molar-refractivity contribution in [2.45, 2.75) is 4.90 Å². The Balaban J connectivity index is 2.56. The highest BCUT2D eigenvalue weighted by Gasteiger charge is 2.13. The average Bonchev–Trinajstić information content (AvgIpc) is 2.34. The monoisotopic (exact) mass is 290 g/mol. The Morgan fingerprint density at radius 1 is 1.44 bits per heavy atom. The summed E-state index contributed by atoms with van der Waals surface area (Å²) >= 11 is 5.74. The van der Waals surface area contributed by atoms with Crippen molar-refractivity contribution >= 4 is 27.6 Å². The number of hydrogen-bond donors (Lipinski definition) is 3. The van der Waals surface area contributed by atoms with Crippen LogP contribution in [0.5, 0.6) is 0 Å². The van der Waals surface area contributed by atoms with Gasteiger partial charge >= 0.3 is 0 Å². The van der Waals surface area contributed by atoms with Gasteiger partial charge in [0.2, 0.25) is 10.0 Å². The van der Waals surface area contributed by atoms with E-state index in [0.29, 0.717) is 11.6 Å². The molecule has 0 amide bonds. The molecule has 0 spiro atoms. The molecule has 18 heavy (non-hydrogen) atoms. The third-order valence-corrected chi connectivity index (χ3v) is 3.76. The zero-order valence-electron chi connectivity index (χ0n) is 9.85. The molecule has 8 heteroatoms. The summed E-state index contributed by atoms with van der Waals surface area (Å²) in [6, 6.07) is 6.06. The molecule has 100 valence electrons. The van der Waals surface area contributed by atoms with E-state index in [4.69, 9.17) is 17.3 Å². The highest BCUT2D eigenvalue weighted by Crippen LogP contribution is 2.14. The van der Waals surface area contributed by atoms with Crippen LogP contribution in [0.3, 0.4) is 0 Å². The maximum atomic E-state index is 11.8. The topological polar surface area (TPSA) is 96.6 Å². The fourth-order valence-corrected chi connectivity index (χ4v) is 2.50. The Morgan fingerprint density at radius 3 is 2.78 bits per heavy atom. The molecule has 1 aromatic rings. The summed E-state index contributed by atoms with van der Waals surface area (Å²) in [5.41, 5.74) is 5.40. The quantitative estimate of drug-likeness (QED) is 0.409. The molecule has 0 radical (unpaired) electrons. The van der Waals surface area contributed by atoms with Crippen molar-refractivity contribution < 1.29 is 8.42 Å². The molecule has 0 atom stereocenters. The van der Waals surface area contributed by atoms with Crippen LogP contribution in [0.2, 0.25) is 5.02 Å². The van der Waals surface area contributed by atoms with Crippen molar-refractivity contribution in [2.24, 2.45) is 10.7 Å². The summed E-state index contributed by atoms with van der Waals surface area (Å²) < 4.78 is 26.1. The van der Waals surface area contributed by atoms with Crippen molar-refractivity contribution in [1.82, 2.24) is 10.0 Å². The molecule has 6 nitrogen and oxygen atoms in total. The molecule has 0 heterocycles. The van der Waals surface area contributed by atoms with Gasteiger partial charge in [-0.05, 0) is 18.2 Å². The minimum atomic E-state index is -3.54. The van der Waals surface area contributed by atoms with Gasteiger partial charge in [0.15, 0.2) is 5.96 Å². The van der Waals surface area contributed by atoms with Crippen LogP contribution in [0, 0.1) is 0 Å². The molecule has 0 saturated carbocycles. The fourth-order valence-electron chi connectivity index (χ4n) is 1.17. The Hall–Kier alpha value is -1.31. The summed E-state index contributed by atoms with van der Waals surface area (Å²) in [5, 5.41) is 3.12. The first-order valence-electron chi connectivity index (χ1n) is 5.17. The van der Waals surface area contributed by atoms with Gasteiger partial charge in [-0.25, -0.2) is 13.1 Å². The lowest BCUT2D eigenvalue weighted by Gasteiger charge is -2.08. The van der Waals surface area contributed by atoms with Crippen LogP contribution in [0.25, 0.3) is 0 Å². The summed E-state index contributed by atoms with van der Waals surface area (Å²) in [5.74, 6) is 0.261. The fraction of sp³-hybridized carbons (Fsp3) is 0.300. The number of benzene rings is 1. The van der Waals surface area contributed by atoms with Gasteiger partial charge in [0.25, 0.3) is 0 Å². The summed E-state index contributed by atoms with van der Waals surface area (Å²) in [6.07, 6.45) is 0. The second-order valence-corrected chi connectivity index (χ2v) is 5.59. The molecule has 1 aromatic carbocycles. The van der Waals surface area contributed by atoms with Crippen molar-refractivity contribution in [1.29, 1.82) is 0 Å². The third kappa shape index (κ3) is 4.52. The second-order valence-electron chi connectivity index (χ2n) is 3.39. The van der Waals surface area contributed by atoms with E-state index in [1.807, 2.05) is 0 Å². The molecular formula is C10H15ClN4O2S. The van der Waals surface area contributed by atoms with Crippen molar-refractivity contribution in [3.63, 3.8) is 0 Å². The molecule has 0 aliphatic heterocycles. The number of halogens is 1. The first-order chi connectivity index (χ1) is 8.45. The number of nitrogens with two attached hydrogens (primary N) is 1. The number of rotatable bonds is 5. The second kappa shape index (κ2) is 6.58. The highest BCUT2D eigenvalue weighted by atomic mass is 35.5. The van der Waals surface area contributed by atoms with E-state index in [9.17, 15) is 8.42 Å². The molecular weight excluding hydrogens is 276 g/mol. The zero-order chi connectivity index (χ0) is 13.6. The van der Waals surface area contributed by atoms with E-state index in [1.54, 1.807) is 19.2 Å². The van der Waals surface area contributed by atoms with Crippen LogP contribution < -0.4 is 15.8 Å². The van der Waals surface area contributed by atoms with Crippen LogP contribution in [-0.2, 0) is 10.0 Å². The number of sulfonamides is 1. The maximum absolute atomic E-state index is 11.8. The van der Waals surface area contributed by atoms with E-state index in [-0.39, 0.29) is 17.4 Å². The van der Waals surface area contributed by atoms with Gasteiger partial charge in [0.05, 0.1) is 4.90 Å². The third-order valence-electron chi connectivity index (χ3n) is 2.07. The maximum Gasteiger partial charge on any atom is 0.240 e. The Labute approximate surface area is 111 Å². The highest BCUT2D eigenvalue weighted by molar-refractivity contribution is 7.89. The molecule has 0 aliphatic rings. The van der Waals surface area contributed by atoms with Gasteiger partial charge in [-0.15, -0.1) is 0 Å². The predicted molar refractivity (Wildman–Crippen MR) is 72.2 cm³/mol. The number of hydrogen-bond acceptors (Lipinski definition) is 3. The van der Waals surface area contributed by atoms with Gasteiger partial charge in [-0.1, -0.05) is 17.7 Å². The van der Waals surface area contributed by atoms with Gasteiger partial charge in [-0.2, -0.15) is 0 Å². The normalized spacial score (nSPS) is 12.4. The number of aliphatic imine (C=N–C) groups is 1. The number of guanidine groups is 1. The van der Waals surface area contributed by atoms with Gasteiger partial charge in [0.1, 0.15) is 0 Å². The average molecular weight is 291 g/mol. The number of nitrogens with one attached hydrogen (secondary N) is 2. The molecule has 0 unspecified atom stereocenters. The van der Waals surface area contributed by atoms with Crippen molar-refractivity contribution in [3.8, 4) is 0 Å². The van der Waals surface area contributed by atoms with Crippen LogP contribution in [0.15, 0.2) is 34.2 Å². The predicted octanol–water partition coefficient (Wildman–Crippen LogP) is 0.152. The molecule has 0 fully saturated rings. The van der Waals surface area contributed by atoms with Gasteiger partial charge in [0, 0.05) is 25.2 Å². The van der Waals surface area contributed by atoms with Crippen LogP contribution in [-0.4, -0.2) is 34.5 Å². The van der Waals surface area contributed by atoms with Gasteiger partial charge in [-0.3, -0.25) is 4.99 Å². The minimum absolute atomic E-state index is 0.132. The Bertz CT molecular complexity index is 530. The first kappa shape index (κ1) is 14.7. The van der Waals surface area contributed by atoms with Crippen molar-refractivity contribution in [3.05, 3.63) is 29.3 Å². The SMILES string of the molecule is CN=C(N)NCCNS(=O)(=O)c1cccc(Cl)c1. The first-order valence-corrected chi connectivity index (χ1v) is 7.03. The van der Waals surface area contributed by atoms with E-state index < -0.39 is 10.0 Å². The lowest BCUT2D eigenvalue weighted by atomic mass is 10.4. The summed E-state index contributed by atoms with van der Waals surface area (Å²) in [4.78, 5) is 3.81. The van der Waals surface area contributed by atoms with E-state index >= 15 is 0 Å². The van der Waals surface area contributed by atoms with E-state index in [2.05, 4.69) is 15.0 Å². The summed E-state index contributed by atoms with van der Waals surface area (Å²) in [7, 11) is -2.00. The van der Waals surface area contributed by atoms with Crippen LogP contribution in [0.1, 0.15) is 0 Å². The van der Waals surface area contributed by atoms with Crippen LogP contribution >= 0.6 is 11.6 Å². The Morgan fingerprint density at radius 2 is 2.17 bits per heavy atom. The lowest BCUT2D eigenvalue weighted by Crippen LogP contribution is -2.38. The minimum Gasteiger partial charge on any atom is -0.370 e. The summed E-state index contributed by atoms with van der Waals surface area (Å²) in [6.45, 7) is 0.550. The lowest BCUT2D eigenvalue weighted by molar-refractivity contribution is 0.581. The van der Waals surface area contributed by atoms with Crippen LogP contribution in [0.4, 0.5) is 0 Å². The largest absolute Gasteiger partial charge is 0.370 e. The molecule has 0 aliphatic carbocycles. The van der Waals surface area contributed by atoms with E-state index in [1.165, 1.54) is 12.1 Å². The molecule has 0 saturated heterocycles.